The molecule has 1 rings (SSSR count). The SMILES string of the molecule is CC(C)(C)C(O)CNc1ncc([N+](=O)[O-])c(N)n1. The van der Waals surface area contributed by atoms with Crippen LogP contribution in [0, 0.1) is 15.5 Å². The van der Waals surface area contributed by atoms with Crippen LogP contribution in [0.4, 0.5) is 17.5 Å². The van der Waals surface area contributed by atoms with E-state index in [9.17, 15) is 15.2 Å². The Bertz CT molecular complexity index is 444. The van der Waals surface area contributed by atoms with Crippen LogP contribution in [0.25, 0.3) is 0 Å². The normalized spacial score (nSPS) is 13.1. The average molecular weight is 255 g/mol. The van der Waals surface area contributed by atoms with E-state index in [2.05, 4.69) is 15.3 Å². The number of hydrogen-bond donors (Lipinski definition) is 3. The summed E-state index contributed by atoms with van der Waals surface area (Å²) in [5, 5.41) is 23.1. The zero-order chi connectivity index (χ0) is 13.9. The van der Waals surface area contributed by atoms with Gasteiger partial charge in [-0.05, 0) is 5.41 Å². The molecule has 8 nitrogen and oxygen atoms in total. The Hall–Kier alpha value is -1.96. The fourth-order valence-electron chi connectivity index (χ4n) is 1.11. The molecule has 4 N–H and O–H groups in total. The summed E-state index contributed by atoms with van der Waals surface area (Å²) in [7, 11) is 0. The van der Waals surface area contributed by atoms with Crippen molar-refractivity contribution in [2.24, 2.45) is 5.41 Å². The Labute approximate surface area is 104 Å². The van der Waals surface area contributed by atoms with Crippen LogP contribution in [0.15, 0.2) is 6.20 Å². The Kier molecular flexibility index (Phi) is 4.02. The second-order valence-electron chi connectivity index (χ2n) is 4.98. The van der Waals surface area contributed by atoms with E-state index in [4.69, 9.17) is 5.73 Å². The lowest BCUT2D eigenvalue weighted by molar-refractivity contribution is -0.384. The molecule has 1 aromatic rings. The lowest BCUT2D eigenvalue weighted by Gasteiger charge is -2.25. The Balaban J connectivity index is 2.70. The molecule has 1 aromatic heterocycles. The molecule has 1 unspecified atom stereocenters. The van der Waals surface area contributed by atoms with Crippen molar-refractivity contribution >= 4 is 17.5 Å². The molecule has 0 saturated heterocycles. The topological polar surface area (TPSA) is 127 Å². The summed E-state index contributed by atoms with van der Waals surface area (Å²) >= 11 is 0. The van der Waals surface area contributed by atoms with E-state index in [1.165, 1.54) is 0 Å². The first kappa shape index (κ1) is 14.1. The number of anilines is 2. The highest BCUT2D eigenvalue weighted by Gasteiger charge is 2.22. The van der Waals surface area contributed by atoms with Gasteiger partial charge in [0.2, 0.25) is 11.8 Å². The number of aliphatic hydroxyl groups is 1. The van der Waals surface area contributed by atoms with Crippen LogP contribution in [0.1, 0.15) is 20.8 Å². The zero-order valence-electron chi connectivity index (χ0n) is 10.5. The predicted octanol–water partition coefficient (Wildman–Crippen LogP) is 0.786. The van der Waals surface area contributed by atoms with Crippen molar-refractivity contribution < 1.29 is 10.0 Å². The zero-order valence-corrected chi connectivity index (χ0v) is 10.5. The third-order valence-corrected chi connectivity index (χ3v) is 2.45. The van der Waals surface area contributed by atoms with Crippen LogP contribution < -0.4 is 11.1 Å². The van der Waals surface area contributed by atoms with Gasteiger partial charge in [-0.1, -0.05) is 20.8 Å². The first-order chi connectivity index (χ1) is 8.21. The number of nitrogens with one attached hydrogen (secondary N) is 1. The highest BCUT2D eigenvalue weighted by molar-refractivity contribution is 5.53. The summed E-state index contributed by atoms with van der Waals surface area (Å²) in [6, 6.07) is 0. The van der Waals surface area contributed by atoms with Crippen molar-refractivity contribution in [1.29, 1.82) is 0 Å². The molecule has 100 valence electrons. The smallest absolute Gasteiger partial charge is 0.329 e. The molecule has 0 amide bonds. The van der Waals surface area contributed by atoms with Crippen LogP contribution in [-0.2, 0) is 0 Å². The molecule has 8 heteroatoms. The Morgan fingerprint density at radius 1 is 1.61 bits per heavy atom. The van der Waals surface area contributed by atoms with E-state index in [1.54, 1.807) is 0 Å². The maximum atomic E-state index is 10.5. The fourth-order valence-corrected chi connectivity index (χ4v) is 1.11. The summed E-state index contributed by atoms with van der Waals surface area (Å²) in [5.41, 5.74) is 4.80. The Morgan fingerprint density at radius 2 is 2.22 bits per heavy atom. The van der Waals surface area contributed by atoms with Gasteiger partial charge >= 0.3 is 5.69 Å². The second-order valence-corrected chi connectivity index (χ2v) is 4.98. The monoisotopic (exact) mass is 255 g/mol. The van der Waals surface area contributed by atoms with Gasteiger partial charge in [-0.3, -0.25) is 10.1 Å². The summed E-state index contributed by atoms with van der Waals surface area (Å²) < 4.78 is 0. The number of nitrogens with zero attached hydrogens (tertiary/aromatic N) is 3. The molecule has 0 fully saturated rings. The van der Waals surface area contributed by atoms with Gasteiger partial charge in [-0.15, -0.1) is 0 Å². The first-order valence-corrected chi connectivity index (χ1v) is 5.40. The highest BCUT2D eigenvalue weighted by Crippen LogP contribution is 2.20. The van der Waals surface area contributed by atoms with Crippen molar-refractivity contribution in [3.8, 4) is 0 Å². The molecule has 1 atom stereocenters. The van der Waals surface area contributed by atoms with Gasteiger partial charge in [0, 0.05) is 6.54 Å². The highest BCUT2D eigenvalue weighted by atomic mass is 16.6. The van der Waals surface area contributed by atoms with Gasteiger partial charge in [0.05, 0.1) is 11.0 Å². The summed E-state index contributed by atoms with van der Waals surface area (Å²) in [5.74, 6) is -0.0517. The molecule has 0 saturated carbocycles. The van der Waals surface area contributed by atoms with E-state index in [-0.39, 0.29) is 29.4 Å². The van der Waals surface area contributed by atoms with Crippen LogP contribution in [0.3, 0.4) is 0 Å². The number of rotatable bonds is 4. The van der Waals surface area contributed by atoms with Gasteiger partial charge < -0.3 is 16.2 Å². The largest absolute Gasteiger partial charge is 0.391 e. The Morgan fingerprint density at radius 3 is 2.67 bits per heavy atom. The molecule has 0 spiro atoms. The summed E-state index contributed by atoms with van der Waals surface area (Å²) in [6.07, 6.45) is 0.436. The number of aliphatic hydroxyl groups excluding tert-OH is 1. The third kappa shape index (κ3) is 3.52. The number of nitro groups is 1. The molecule has 0 radical (unpaired) electrons. The van der Waals surface area contributed by atoms with Crippen molar-refractivity contribution in [2.45, 2.75) is 26.9 Å². The molecular weight excluding hydrogens is 238 g/mol. The number of nitrogen functional groups attached to an aromatic ring is 1. The molecule has 0 aliphatic carbocycles. The minimum atomic E-state index is -0.650. The second kappa shape index (κ2) is 5.13. The van der Waals surface area contributed by atoms with Crippen molar-refractivity contribution in [3.63, 3.8) is 0 Å². The third-order valence-electron chi connectivity index (χ3n) is 2.45. The van der Waals surface area contributed by atoms with Crippen molar-refractivity contribution in [1.82, 2.24) is 9.97 Å². The molecular formula is C10H17N5O3. The van der Waals surface area contributed by atoms with E-state index >= 15 is 0 Å². The lowest BCUT2D eigenvalue weighted by atomic mass is 9.89. The van der Waals surface area contributed by atoms with Gasteiger partial charge in [0.1, 0.15) is 6.20 Å². The predicted molar refractivity (Wildman–Crippen MR) is 67.1 cm³/mol. The standard InChI is InChI=1S/C10H17N5O3/c1-10(2,3)7(16)5-13-9-12-4-6(15(17)18)8(11)14-9/h4,7,16H,5H2,1-3H3,(H3,11,12,13,14). The molecule has 0 aliphatic heterocycles. The molecule has 0 aliphatic rings. The van der Waals surface area contributed by atoms with E-state index in [0.717, 1.165) is 6.20 Å². The molecule has 0 bridgehead atoms. The fraction of sp³-hybridized carbons (Fsp3) is 0.600. The van der Waals surface area contributed by atoms with E-state index in [0.29, 0.717) is 0 Å². The van der Waals surface area contributed by atoms with Crippen LogP contribution in [0.5, 0.6) is 0 Å². The summed E-state index contributed by atoms with van der Waals surface area (Å²) in [6.45, 7) is 5.92. The van der Waals surface area contributed by atoms with Gasteiger partial charge in [-0.25, -0.2) is 4.98 Å². The molecule has 1 heterocycles. The number of hydrogen-bond acceptors (Lipinski definition) is 7. The van der Waals surface area contributed by atoms with Gasteiger partial charge in [-0.2, -0.15) is 4.98 Å². The van der Waals surface area contributed by atoms with Crippen LogP contribution in [-0.4, -0.2) is 32.6 Å². The quantitative estimate of drug-likeness (QED) is 0.536. The van der Waals surface area contributed by atoms with Gasteiger partial charge in [0.15, 0.2) is 0 Å². The minimum absolute atomic E-state index is 0.154. The van der Waals surface area contributed by atoms with Crippen molar-refractivity contribution in [3.05, 3.63) is 16.3 Å². The van der Waals surface area contributed by atoms with Gasteiger partial charge in [0.25, 0.3) is 0 Å². The average Bonchev–Trinajstić information content (AvgIpc) is 2.24. The molecule has 0 aromatic carbocycles. The van der Waals surface area contributed by atoms with Crippen LogP contribution >= 0.6 is 0 Å². The summed E-state index contributed by atoms with van der Waals surface area (Å²) in [4.78, 5) is 17.4. The molecule has 18 heavy (non-hydrogen) atoms. The number of aromatic nitrogens is 2. The van der Waals surface area contributed by atoms with E-state index < -0.39 is 11.0 Å². The van der Waals surface area contributed by atoms with E-state index in [1.807, 2.05) is 20.8 Å². The lowest BCUT2D eigenvalue weighted by Crippen LogP contribution is -2.33. The minimum Gasteiger partial charge on any atom is -0.391 e. The first-order valence-electron chi connectivity index (χ1n) is 5.40. The van der Waals surface area contributed by atoms with Crippen molar-refractivity contribution in [2.75, 3.05) is 17.6 Å². The maximum Gasteiger partial charge on any atom is 0.329 e. The van der Waals surface area contributed by atoms with Crippen LogP contribution in [0.2, 0.25) is 0 Å². The maximum absolute atomic E-state index is 10.5. The number of nitrogens with two attached hydrogens (primary N) is 1.